The van der Waals surface area contributed by atoms with Gasteiger partial charge in [0.25, 0.3) is 5.91 Å². The maximum atomic E-state index is 12.1. The predicted octanol–water partition coefficient (Wildman–Crippen LogP) is 3.64. The highest BCUT2D eigenvalue weighted by Crippen LogP contribution is 2.23. The molecule has 2 aliphatic heterocycles. The van der Waals surface area contributed by atoms with Crippen molar-refractivity contribution in [2.45, 2.75) is 45.1 Å². The highest BCUT2D eigenvalue weighted by Gasteiger charge is 2.23. The second-order valence-corrected chi connectivity index (χ2v) is 7.43. The molecule has 28 heavy (non-hydrogen) atoms. The fourth-order valence-electron chi connectivity index (χ4n) is 3.67. The van der Waals surface area contributed by atoms with Gasteiger partial charge in [-0.1, -0.05) is 0 Å². The van der Waals surface area contributed by atoms with Crippen molar-refractivity contribution in [2.24, 2.45) is 0 Å². The van der Waals surface area contributed by atoms with E-state index in [0.29, 0.717) is 12.6 Å². The van der Waals surface area contributed by atoms with E-state index in [0.717, 1.165) is 48.8 Å². The third kappa shape index (κ3) is 4.59. The van der Waals surface area contributed by atoms with E-state index in [2.05, 4.69) is 20.5 Å². The van der Waals surface area contributed by atoms with Crippen molar-refractivity contribution in [3.63, 3.8) is 0 Å². The van der Waals surface area contributed by atoms with Gasteiger partial charge in [-0.2, -0.15) is 4.98 Å². The van der Waals surface area contributed by atoms with Gasteiger partial charge in [0.1, 0.15) is 11.9 Å². The zero-order valence-electron chi connectivity index (χ0n) is 16.3. The molecule has 1 aromatic carbocycles. The van der Waals surface area contributed by atoms with Crippen molar-refractivity contribution in [3.8, 4) is 0 Å². The zero-order chi connectivity index (χ0) is 19.3. The number of carbonyl (C=O) groups excluding carboxylic acids is 1. The van der Waals surface area contributed by atoms with Crippen molar-refractivity contribution in [1.29, 1.82) is 0 Å². The molecular formula is C21H27N5O2. The molecule has 2 fully saturated rings. The maximum Gasteiger partial charge on any atom is 0.253 e. The highest BCUT2D eigenvalue weighted by molar-refractivity contribution is 5.94. The van der Waals surface area contributed by atoms with Gasteiger partial charge in [0.2, 0.25) is 5.95 Å². The molecule has 0 spiro atoms. The first-order valence-corrected chi connectivity index (χ1v) is 10.1. The van der Waals surface area contributed by atoms with Crippen LogP contribution in [0.3, 0.4) is 0 Å². The number of nitrogens with zero attached hydrogens (tertiary/aromatic N) is 3. The number of ether oxygens (including phenoxy) is 1. The molecule has 2 aromatic rings. The molecule has 4 rings (SSSR count). The fourth-order valence-corrected chi connectivity index (χ4v) is 3.67. The van der Waals surface area contributed by atoms with Gasteiger partial charge in [0.15, 0.2) is 0 Å². The van der Waals surface area contributed by atoms with Crippen LogP contribution >= 0.6 is 0 Å². The largest absolute Gasteiger partial charge is 0.368 e. The van der Waals surface area contributed by atoms with Gasteiger partial charge < -0.3 is 20.3 Å². The van der Waals surface area contributed by atoms with Crippen LogP contribution in [0.4, 0.5) is 23.1 Å². The molecule has 1 unspecified atom stereocenters. The Kier molecular flexibility index (Phi) is 5.71. The van der Waals surface area contributed by atoms with E-state index < -0.39 is 0 Å². The Balaban J connectivity index is 1.41. The van der Waals surface area contributed by atoms with Gasteiger partial charge in [-0.15, -0.1) is 0 Å². The molecule has 0 aliphatic carbocycles. The van der Waals surface area contributed by atoms with Crippen molar-refractivity contribution < 1.29 is 9.53 Å². The molecule has 2 aliphatic rings. The normalized spacial score (nSPS) is 19.5. The average molecular weight is 381 g/mol. The first-order chi connectivity index (χ1) is 13.7. The highest BCUT2D eigenvalue weighted by atomic mass is 16.5. The molecule has 0 saturated carbocycles. The maximum absolute atomic E-state index is 12.1. The number of carbonyl (C=O) groups is 1. The van der Waals surface area contributed by atoms with E-state index in [-0.39, 0.29) is 12.0 Å². The molecule has 0 bridgehead atoms. The molecule has 1 amide bonds. The van der Waals surface area contributed by atoms with Crippen LogP contribution in [0.5, 0.6) is 0 Å². The number of anilines is 4. The summed E-state index contributed by atoms with van der Waals surface area (Å²) >= 11 is 0. The van der Waals surface area contributed by atoms with Gasteiger partial charge >= 0.3 is 0 Å². The van der Waals surface area contributed by atoms with Crippen LogP contribution in [0.15, 0.2) is 30.3 Å². The van der Waals surface area contributed by atoms with E-state index in [1.54, 1.807) is 0 Å². The molecule has 0 radical (unpaired) electrons. The van der Waals surface area contributed by atoms with Crippen LogP contribution in [0.1, 0.15) is 37.8 Å². The molecule has 2 N–H and O–H groups in total. The number of aromatic nitrogens is 2. The molecule has 148 valence electrons. The van der Waals surface area contributed by atoms with E-state index in [4.69, 9.17) is 9.72 Å². The number of benzene rings is 1. The topological polar surface area (TPSA) is 79.4 Å². The third-order valence-corrected chi connectivity index (χ3v) is 5.15. The quantitative estimate of drug-likeness (QED) is 0.823. The van der Waals surface area contributed by atoms with Gasteiger partial charge in [-0.3, -0.25) is 4.79 Å². The molecule has 7 heteroatoms. The Morgan fingerprint density at radius 1 is 1.07 bits per heavy atom. The minimum absolute atomic E-state index is 0.0774. The van der Waals surface area contributed by atoms with Gasteiger partial charge in [0, 0.05) is 42.8 Å². The Labute approximate surface area is 165 Å². The SMILES string of the molecule is Cc1cc(N2CCCCC2)nc(Nc2ccc(NC(=O)C3CCCO3)cc2)n1. The lowest BCUT2D eigenvalue weighted by atomic mass is 10.1. The first-order valence-electron chi connectivity index (χ1n) is 10.1. The summed E-state index contributed by atoms with van der Waals surface area (Å²) in [6, 6.07) is 9.61. The number of hydrogen-bond donors (Lipinski definition) is 2. The molecule has 7 nitrogen and oxygen atoms in total. The summed E-state index contributed by atoms with van der Waals surface area (Å²) in [4.78, 5) is 23.7. The Bertz CT molecular complexity index is 812. The summed E-state index contributed by atoms with van der Waals surface area (Å²) in [5, 5.41) is 6.18. The van der Waals surface area contributed by atoms with Gasteiger partial charge in [-0.05, 0) is 63.3 Å². The van der Waals surface area contributed by atoms with E-state index >= 15 is 0 Å². The average Bonchev–Trinajstić information content (AvgIpc) is 3.25. The van der Waals surface area contributed by atoms with Crippen LogP contribution in [0.25, 0.3) is 0 Å². The number of rotatable bonds is 5. The third-order valence-electron chi connectivity index (χ3n) is 5.15. The van der Waals surface area contributed by atoms with Crippen LogP contribution in [0, 0.1) is 6.92 Å². The Hall–Kier alpha value is -2.67. The van der Waals surface area contributed by atoms with Gasteiger partial charge in [0.05, 0.1) is 0 Å². The lowest BCUT2D eigenvalue weighted by Crippen LogP contribution is -2.30. The Morgan fingerprint density at radius 2 is 1.82 bits per heavy atom. The van der Waals surface area contributed by atoms with Crippen molar-refractivity contribution in [2.75, 3.05) is 35.2 Å². The second kappa shape index (κ2) is 8.56. The first kappa shape index (κ1) is 18.7. The van der Waals surface area contributed by atoms with Crippen molar-refractivity contribution in [1.82, 2.24) is 9.97 Å². The number of aryl methyl sites for hydroxylation is 1. The summed E-state index contributed by atoms with van der Waals surface area (Å²) in [7, 11) is 0. The molecule has 3 heterocycles. The van der Waals surface area contributed by atoms with Crippen LogP contribution in [-0.4, -0.2) is 41.7 Å². The predicted molar refractivity (Wildman–Crippen MR) is 110 cm³/mol. The summed E-state index contributed by atoms with van der Waals surface area (Å²) in [6.45, 7) is 4.75. The standard InChI is InChI=1S/C21H27N5O2/c1-15-14-19(26-11-3-2-4-12-26)25-21(22-15)24-17-9-7-16(8-10-17)23-20(27)18-6-5-13-28-18/h7-10,14,18H,2-6,11-13H2,1H3,(H,23,27)(H,22,24,25). The van der Waals surface area contributed by atoms with E-state index in [1.165, 1.54) is 19.3 Å². The minimum atomic E-state index is -0.327. The second-order valence-electron chi connectivity index (χ2n) is 7.43. The number of hydrogen-bond acceptors (Lipinski definition) is 6. The fraction of sp³-hybridized carbons (Fsp3) is 0.476. The summed E-state index contributed by atoms with van der Waals surface area (Å²) < 4.78 is 5.42. The molecular weight excluding hydrogens is 354 g/mol. The van der Waals surface area contributed by atoms with Crippen molar-refractivity contribution >= 4 is 29.0 Å². The zero-order valence-corrected chi connectivity index (χ0v) is 16.3. The molecule has 2 saturated heterocycles. The number of nitrogens with one attached hydrogen (secondary N) is 2. The lowest BCUT2D eigenvalue weighted by Gasteiger charge is -2.28. The Morgan fingerprint density at radius 3 is 2.54 bits per heavy atom. The van der Waals surface area contributed by atoms with E-state index in [1.807, 2.05) is 37.3 Å². The van der Waals surface area contributed by atoms with Crippen LogP contribution in [0.2, 0.25) is 0 Å². The van der Waals surface area contributed by atoms with E-state index in [9.17, 15) is 4.79 Å². The summed E-state index contributed by atoms with van der Waals surface area (Å²) in [5.41, 5.74) is 2.58. The molecule has 1 aromatic heterocycles. The van der Waals surface area contributed by atoms with Crippen molar-refractivity contribution in [3.05, 3.63) is 36.0 Å². The summed E-state index contributed by atoms with van der Waals surface area (Å²) in [6.07, 6.45) is 5.12. The van der Waals surface area contributed by atoms with Crippen LogP contribution < -0.4 is 15.5 Å². The van der Waals surface area contributed by atoms with Gasteiger partial charge in [-0.25, -0.2) is 4.98 Å². The lowest BCUT2D eigenvalue weighted by molar-refractivity contribution is -0.124. The number of piperidine rings is 1. The minimum Gasteiger partial charge on any atom is -0.368 e. The molecule has 1 atom stereocenters. The van der Waals surface area contributed by atoms with Crippen LogP contribution in [-0.2, 0) is 9.53 Å². The summed E-state index contributed by atoms with van der Waals surface area (Å²) in [5.74, 6) is 1.50. The monoisotopic (exact) mass is 381 g/mol. The smallest absolute Gasteiger partial charge is 0.253 e. The number of amides is 1.